The number of carbonyl (C=O) groups excluding carboxylic acids is 2. The van der Waals surface area contributed by atoms with E-state index in [4.69, 9.17) is 21.1 Å². The van der Waals surface area contributed by atoms with Crippen LogP contribution < -0.4 is 15.6 Å². The van der Waals surface area contributed by atoms with Gasteiger partial charge in [0.15, 0.2) is 12.4 Å². The third-order valence-electron chi connectivity index (χ3n) is 4.32. The Labute approximate surface area is 197 Å². The molecule has 0 saturated heterocycles. The Balaban J connectivity index is 1.87. The number of benzene rings is 2. The lowest BCUT2D eigenvalue weighted by Gasteiger charge is -2.13. The smallest absolute Gasteiger partial charge is 0.362 e. The maximum absolute atomic E-state index is 12.6. The summed E-state index contributed by atoms with van der Waals surface area (Å²) >= 11 is 9.40. The highest BCUT2D eigenvalue weighted by molar-refractivity contribution is 9.10. The molecule has 0 aliphatic rings. The first-order chi connectivity index (χ1) is 15.3. The lowest BCUT2D eigenvalue weighted by atomic mass is 10.2. The fourth-order valence-corrected chi connectivity index (χ4v) is 3.32. The number of aromatic nitrogens is 2. The van der Waals surface area contributed by atoms with Crippen LogP contribution in [0.15, 0.2) is 57.8 Å². The molecule has 8 nitrogen and oxygen atoms in total. The van der Waals surface area contributed by atoms with Crippen LogP contribution in [0.4, 0.5) is 5.69 Å². The van der Waals surface area contributed by atoms with Crippen molar-refractivity contribution in [2.75, 3.05) is 18.5 Å². The number of hydrogen-bond acceptors (Lipinski definition) is 6. The maximum Gasteiger partial charge on any atom is 0.362 e. The summed E-state index contributed by atoms with van der Waals surface area (Å²) in [6.07, 6.45) is 0. The van der Waals surface area contributed by atoms with Crippen LogP contribution in [0.2, 0.25) is 5.02 Å². The van der Waals surface area contributed by atoms with Gasteiger partial charge < -0.3 is 14.8 Å². The summed E-state index contributed by atoms with van der Waals surface area (Å²) in [7, 11) is 0. The van der Waals surface area contributed by atoms with Gasteiger partial charge in [0.05, 0.1) is 18.4 Å². The average molecular weight is 521 g/mol. The number of rotatable bonds is 7. The number of halogens is 2. The molecule has 0 unspecified atom stereocenters. The number of anilines is 1. The van der Waals surface area contributed by atoms with Crippen LogP contribution in [-0.4, -0.2) is 34.9 Å². The Morgan fingerprint density at radius 3 is 2.66 bits per heavy atom. The van der Waals surface area contributed by atoms with E-state index >= 15 is 0 Å². The molecular formula is C22H19BrClN3O5. The zero-order valence-electron chi connectivity index (χ0n) is 17.2. The van der Waals surface area contributed by atoms with Crippen LogP contribution in [0.1, 0.15) is 23.0 Å². The molecule has 1 heterocycles. The van der Waals surface area contributed by atoms with Crippen molar-refractivity contribution >= 4 is 45.1 Å². The molecule has 0 spiro atoms. The summed E-state index contributed by atoms with van der Waals surface area (Å²) in [5, 5.41) is 7.31. The zero-order chi connectivity index (χ0) is 23.3. The predicted molar refractivity (Wildman–Crippen MR) is 124 cm³/mol. The average Bonchev–Trinajstić information content (AvgIpc) is 2.75. The van der Waals surface area contributed by atoms with Gasteiger partial charge in [-0.3, -0.25) is 9.59 Å². The van der Waals surface area contributed by atoms with Gasteiger partial charge in [0, 0.05) is 15.2 Å². The van der Waals surface area contributed by atoms with Gasteiger partial charge in [-0.2, -0.15) is 9.78 Å². The lowest BCUT2D eigenvalue weighted by molar-refractivity contribution is -0.118. The number of nitrogens with one attached hydrogen (secondary N) is 1. The van der Waals surface area contributed by atoms with Crippen molar-refractivity contribution in [2.45, 2.75) is 13.8 Å². The van der Waals surface area contributed by atoms with Crippen LogP contribution in [-0.2, 0) is 9.53 Å². The van der Waals surface area contributed by atoms with Crippen LogP contribution in [0.3, 0.4) is 0 Å². The Morgan fingerprint density at radius 2 is 1.94 bits per heavy atom. The van der Waals surface area contributed by atoms with Crippen molar-refractivity contribution in [1.82, 2.24) is 9.78 Å². The van der Waals surface area contributed by atoms with Crippen molar-refractivity contribution in [3.8, 4) is 11.4 Å². The number of amides is 1. The monoisotopic (exact) mass is 519 g/mol. The SMILES string of the molecule is CCOC(=O)c1nn(-c2cccc(Br)c2)c(=O)cc1OCC(=O)Nc1cccc(Cl)c1C. The number of nitrogens with zero attached hydrogens (tertiary/aromatic N) is 2. The van der Waals surface area contributed by atoms with E-state index in [1.165, 1.54) is 0 Å². The van der Waals surface area contributed by atoms with Gasteiger partial charge in [0.25, 0.3) is 11.5 Å². The second-order valence-corrected chi connectivity index (χ2v) is 7.88. The number of ether oxygens (including phenoxy) is 2. The van der Waals surface area contributed by atoms with Crippen molar-refractivity contribution < 1.29 is 19.1 Å². The molecule has 10 heteroatoms. The van der Waals surface area contributed by atoms with E-state index < -0.39 is 24.0 Å². The minimum Gasteiger partial charge on any atom is -0.481 e. The Bertz CT molecular complexity index is 1230. The molecule has 0 fully saturated rings. The van der Waals surface area contributed by atoms with E-state index in [-0.39, 0.29) is 18.1 Å². The number of esters is 1. The molecule has 0 saturated carbocycles. The van der Waals surface area contributed by atoms with Crippen molar-refractivity contribution in [3.05, 3.63) is 79.6 Å². The van der Waals surface area contributed by atoms with Crippen molar-refractivity contribution in [2.24, 2.45) is 0 Å². The third-order valence-corrected chi connectivity index (χ3v) is 5.22. The summed E-state index contributed by atoms with van der Waals surface area (Å²) in [6, 6.07) is 13.1. The molecule has 0 atom stereocenters. The normalized spacial score (nSPS) is 10.5. The van der Waals surface area contributed by atoms with Gasteiger partial charge in [-0.15, -0.1) is 0 Å². The van der Waals surface area contributed by atoms with Crippen LogP contribution in [0.5, 0.6) is 5.75 Å². The highest BCUT2D eigenvalue weighted by Crippen LogP contribution is 2.23. The van der Waals surface area contributed by atoms with Gasteiger partial charge in [0.1, 0.15) is 0 Å². The number of carbonyl (C=O) groups is 2. The number of hydrogen-bond donors (Lipinski definition) is 1. The summed E-state index contributed by atoms with van der Waals surface area (Å²) < 4.78 is 12.3. The van der Waals surface area contributed by atoms with Gasteiger partial charge in [0.2, 0.25) is 5.69 Å². The van der Waals surface area contributed by atoms with E-state index in [1.54, 1.807) is 56.3 Å². The van der Waals surface area contributed by atoms with Crippen molar-refractivity contribution in [3.63, 3.8) is 0 Å². The molecular weight excluding hydrogens is 502 g/mol. The topological polar surface area (TPSA) is 99.5 Å². The van der Waals surface area contributed by atoms with Gasteiger partial charge in [-0.05, 0) is 49.7 Å². The summed E-state index contributed by atoms with van der Waals surface area (Å²) in [5.74, 6) is -1.43. The standard InChI is InChI=1S/C22H19BrClN3O5/c1-3-31-22(30)21-18(11-20(29)27(26-21)15-7-4-6-14(23)10-15)32-12-19(28)25-17-9-5-8-16(24)13(17)2/h4-11H,3,12H2,1-2H3,(H,25,28). The Hall–Kier alpha value is -3.17. The molecule has 3 rings (SSSR count). The lowest BCUT2D eigenvalue weighted by Crippen LogP contribution is -2.27. The van der Waals surface area contributed by atoms with Crippen LogP contribution >= 0.6 is 27.5 Å². The quantitative estimate of drug-likeness (QED) is 0.470. The molecule has 1 aromatic heterocycles. The molecule has 32 heavy (non-hydrogen) atoms. The first-order valence-electron chi connectivity index (χ1n) is 9.55. The van der Waals surface area contributed by atoms with E-state index in [1.807, 2.05) is 0 Å². The van der Waals surface area contributed by atoms with Gasteiger partial charge in [-0.1, -0.05) is 39.7 Å². The van der Waals surface area contributed by atoms with E-state index in [9.17, 15) is 14.4 Å². The molecule has 1 N–H and O–H groups in total. The van der Waals surface area contributed by atoms with E-state index in [0.29, 0.717) is 22.0 Å². The first kappa shape index (κ1) is 23.5. The summed E-state index contributed by atoms with van der Waals surface area (Å²) in [6.45, 7) is 3.05. The highest BCUT2D eigenvalue weighted by atomic mass is 79.9. The maximum atomic E-state index is 12.6. The largest absolute Gasteiger partial charge is 0.481 e. The molecule has 3 aromatic rings. The molecule has 0 aliphatic carbocycles. The Morgan fingerprint density at radius 1 is 1.19 bits per heavy atom. The van der Waals surface area contributed by atoms with E-state index in [2.05, 4.69) is 26.3 Å². The van der Waals surface area contributed by atoms with E-state index in [0.717, 1.165) is 15.2 Å². The molecule has 0 radical (unpaired) electrons. The fourth-order valence-electron chi connectivity index (χ4n) is 2.76. The van der Waals surface area contributed by atoms with Crippen LogP contribution in [0, 0.1) is 6.92 Å². The molecule has 166 valence electrons. The molecule has 0 bridgehead atoms. The molecule has 2 aromatic carbocycles. The Kier molecular flexibility index (Phi) is 7.66. The highest BCUT2D eigenvalue weighted by Gasteiger charge is 2.21. The zero-order valence-corrected chi connectivity index (χ0v) is 19.6. The van der Waals surface area contributed by atoms with Gasteiger partial charge >= 0.3 is 5.97 Å². The second kappa shape index (κ2) is 10.4. The van der Waals surface area contributed by atoms with Gasteiger partial charge in [-0.25, -0.2) is 4.79 Å². The molecule has 1 amide bonds. The first-order valence-corrected chi connectivity index (χ1v) is 10.7. The minimum absolute atomic E-state index is 0.102. The second-order valence-electron chi connectivity index (χ2n) is 6.56. The molecule has 0 aliphatic heterocycles. The third kappa shape index (κ3) is 5.54. The van der Waals surface area contributed by atoms with Crippen LogP contribution in [0.25, 0.3) is 5.69 Å². The van der Waals surface area contributed by atoms with Crippen molar-refractivity contribution in [1.29, 1.82) is 0 Å². The fraction of sp³-hybridized carbons (Fsp3) is 0.182. The summed E-state index contributed by atoms with van der Waals surface area (Å²) in [5.41, 5.74) is 0.902. The summed E-state index contributed by atoms with van der Waals surface area (Å²) in [4.78, 5) is 37.4. The minimum atomic E-state index is -0.780. The predicted octanol–water partition coefficient (Wildman–Crippen LogP) is 4.15.